The van der Waals surface area contributed by atoms with Gasteiger partial charge in [-0.3, -0.25) is 0 Å². The number of nitrogens with two attached hydrogens (primary N) is 1. The van der Waals surface area contributed by atoms with Gasteiger partial charge in [-0.05, 0) is 13.3 Å². The lowest BCUT2D eigenvalue weighted by atomic mass is 10.6. The molecule has 0 aromatic rings. The third kappa shape index (κ3) is 5.14. The Morgan fingerprint density at radius 1 is 1.75 bits per heavy atom. The lowest BCUT2D eigenvalue weighted by Crippen LogP contribution is -2.03. The zero-order valence-corrected chi connectivity index (χ0v) is 5.26. The highest BCUT2D eigenvalue weighted by atomic mass is 15.2. The van der Waals surface area contributed by atoms with E-state index >= 15 is 0 Å². The van der Waals surface area contributed by atoms with E-state index in [9.17, 15) is 0 Å². The molecule has 0 saturated heterocycles. The van der Waals surface area contributed by atoms with Crippen LogP contribution in [0.4, 0.5) is 0 Å². The standard InChI is InChI=1S/C5H11N3/c1-3-4-7-8-5(2)6/h4H,3H2,1-2H3,(H2,6,8)/b7-4-. The molecule has 0 amide bonds. The molecule has 0 rings (SSSR count). The van der Waals surface area contributed by atoms with Gasteiger partial charge >= 0.3 is 0 Å². The molecule has 0 aliphatic carbocycles. The van der Waals surface area contributed by atoms with E-state index in [1.165, 1.54) is 0 Å². The maximum atomic E-state index is 5.17. The highest BCUT2D eigenvalue weighted by Gasteiger charge is 1.69. The van der Waals surface area contributed by atoms with Crippen LogP contribution in [0.1, 0.15) is 20.3 Å². The molecule has 0 radical (unpaired) electrons. The first-order chi connectivity index (χ1) is 3.77. The quantitative estimate of drug-likeness (QED) is 0.321. The maximum Gasteiger partial charge on any atom is 0.119 e. The predicted octanol–water partition coefficient (Wildman–Crippen LogP) is 0.759. The molecule has 2 N–H and O–H groups in total. The Hall–Kier alpha value is -0.860. The van der Waals surface area contributed by atoms with Gasteiger partial charge in [-0.25, -0.2) is 0 Å². The summed E-state index contributed by atoms with van der Waals surface area (Å²) in [6.45, 7) is 3.69. The second-order valence-corrected chi connectivity index (χ2v) is 1.45. The van der Waals surface area contributed by atoms with Crippen molar-refractivity contribution in [1.29, 1.82) is 0 Å². The molecule has 0 saturated carbocycles. The molecular weight excluding hydrogens is 102 g/mol. The van der Waals surface area contributed by atoms with Gasteiger partial charge < -0.3 is 5.73 Å². The molecule has 0 aromatic carbocycles. The van der Waals surface area contributed by atoms with Crippen LogP contribution in [0.3, 0.4) is 0 Å². The summed E-state index contributed by atoms with van der Waals surface area (Å²) in [5.41, 5.74) is 5.17. The molecule has 0 spiro atoms. The zero-order valence-electron chi connectivity index (χ0n) is 5.26. The van der Waals surface area contributed by atoms with Gasteiger partial charge in [0.05, 0.1) is 0 Å². The number of nitrogens with zero attached hydrogens (tertiary/aromatic N) is 2. The van der Waals surface area contributed by atoms with Crippen molar-refractivity contribution in [2.24, 2.45) is 15.9 Å². The fraction of sp³-hybridized carbons (Fsp3) is 0.600. The van der Waals surface area contributed by atoms with Crippen LogP contribution < -0.4 is 5.73 Å². The summed E-state index contributed by atoms with van der Waals surface area (Å²) in [4.78, 5) is 0. The molecule has 0 aliphatic heterocycles. The molecule has 0 aliphatic rings. The molecule has 3 nitrogen and oxygen atoms in total. The molecule has 0 heterocycles. The summed E-state index contributed by atoms with van der Waals surface area (Å²) in [5.74, 6) is 0.495. The summed E-state index contributed by atoms with van der Waals surface area (Å²) < 4.78 is 0. The van der Waals surface area contributed by atoms with E-state index < -0.39 is 0 Å². The van der Waals surface area contributed by atoms with E-state index in [2.05, 4.69) is 10.2 Å². The third-order valence-corrected chi connectivity index (χ3v) is 0.480. The van der Waals surface area contributed by atoms with E-state index in [4.69, 9.17) is 5.73 Å². The molecular formula is C5H11N3. The van der Waals surface area contributed by atoms with Crippen LogP contribution in [-0.4, -0.2) is 12.1 Å². The Balaban J connectivity index is 3.42. The van der Waals surface area contributed by atoms with Crippen molar-refractivity contribution in [3.05, 3.63) is 0 Å². The number of hydrogen-bond donors (Lipinski definition) is 1. The van der Waals surface area contributed by atoms with Crippen LogP contribution in [0.15, 0.2) is 10.2 Å². The Morgan fingerprint density at radius 3 is 2.75 bits per heavy atom. The van der Waals surface area contributed by atoms with E-state index in [1.807, 2.05) is 6.92 Å². The Morgan fingerprint density at radius 2 is 2.38 bits per heavy atom. The van der Waals surface area contributed by atoms with Gasteiger partial charge in [0.15, 0.2) is 0 Å². The van der Waals surface area contributed by atoms with Gasteiger partial charge in [0.2, 0.25) is 0 Å². The van der Waals surface area contributed by atoms with Crippen LogP contribution >= 0.6 is 0 Å². The fourth-order valence-electron chi connectivity index (χ4n) is 0.214. The molecule has 0 fully saturated rings. The van der Waals surface area contributed by atoms with Crippen LogP contribution in [0, 0.1) is 0 Å². The van der Waals surface area contributed by atoms with Crippen molar-refractivity contribution in [1.82, 2.24) is 0 Å². The monoisotopic (exact) mass is 113 g/mol. The maximum absolute atomic E-state index is 5.17. The predicted molar refractivity (Wildman–Crippen MR) is 36.1 cm³/mol. The largest absolute Gasteiger partial charge is 0.386 e. The first-order valence-electron chi connectivity index (χ1n) is 2.59. The molecule has 3 heteroatoms. The first-order valence-corrected chi connectivity index (χ1v) is 2.59. The van der Waals surface area contributed by atoms with Gasteiger partial charge in [-0.2, -0.15) is 5.10 Å². The third-order valence-electron chi connectivity index (χ3n) is 0.480. The lowest BCUT2D eigenvalue weighted by Gasteiger charge is -1.80. The fourth-order valence-corrected chi connectivity index (χ4v) is 0.214. The molecule has 0 atom stereocenters. The van der Waals surface area contributed by atoms with E-state index in [0.29, 0.717) is 5.84 Å². The number of hydrogen-bond acceptors (Lipinski definition) is 2. The number of amidine groups is 1. The van der Waals surface area contributed by atoms with Crippen molar-refractivity contribution in [2.45, 2.75) is 20.3 Å². The summed E-state index contributed by atoms with van der Waals surface area (Å²) >= 11 is 0. The Labute approximate surface area is 49.3 Å². The topological polar surface area (TPSA) is 50.7 Å². The van der Waals surface area contributed by atoms with Gasteiger partial charge in [0.25, 0.3) is 0 Å². The summed E-state index contributed by atoms with van der Waals surface area (Å²) in [7, 11) is 0. The van der Waals surface area contributed by atoms with Gasteiger partial charge in [0, 0.05) is 6.21 Å². The highest BCUT2D eigenvalue weighted by Crippen LogP contribution is 1.72. The minimum atomic E-state index is 0.495. The van der Waals surface area contributed by atoms with Crippen LogP contribution in [-0.2, 0) is 0 Å². The van der Waals surface area contributed by atoms with Gasteiger partial charge in [0.1, 0.15) is 5.84 Å². The van der Waals surface area contributed by atoms with Crippen molar-refractivity contribution in [3.63, 3.8) is 0 Å². The molecule has 8 heavy (non-hydrogen) atoms. The minimum absolute atomic E-state index is 0.495. The van der Waals surface area contributed by atoms with E-state index in [0.717, 1.165) is 6.42 Å². The molecule has 0 bridgehead atoms. The molecule has 0 unspecified atom stereocenters. The Kier molecular flexibility index (Phi) is 3.84. The number of rotatable bonds is 2. The van der Waals surface area contributed by atoms with Crippen molar-refractivity contribution in [2.75, 3.05) is 0 Å². The Bertz CT molecular complexity index is 100. The van der Waals surface area contributed by atoms with Crippen LogP contribution in [0.2, 0.25) is 0 Å². The smallest absolute Gasteiger partial charge is 0.119 e. The van der Waals surface area contributed by atoms with Crippen molar-refractivity contribution >= 4 is 12.1 Å². The highest BCUT2D eigenvalue weighted by molar-refractivity contribution is 5.77. The van der Waals surface area contributed by atoms with Crippen molar-refractivity contribution in [3.8, 4) is 0 Å². The second kappa shape index (κ2) is 4.30. The average molecular weight is 113 g/mol. The average Bonchev–Trinajstić information content (AvgIpc) is 1.66. The van der Waals surface area contributed by atoms with Crippen LogP contribution in [0.5, 0.6) is 0 Å². The lowest BCUT2D eigenvalue weighted by molar-refractivity contribution is 1.19. The summed E-state index contributed by atoms with van der Waals surface area (Å²) in [6, 6.07) is 0. The minimum Gasteiger partial charge on any atom is -0.386 e. The normalized spacial score (nSPS) is 13.0. The second-order valence-electron chi connectivity index (χ2n) is 1.45. The van der Waals surface area contributed by atoms with Crippen molar-refractivity contribution < 1.29 is 0 Å². The van der Waals surface area contributed by atoms with E-state index in [-0.39, 0.29) is 0 Å². The molecule has 46 valence electrons. The first kappa shape index (κ1) is 7.14. The van der Waals surface area contributed by atoms with Gasteiger partial charge in [-0.15, -0.1) is 5.10 Å². The zero-order chi connectivity index (χ0) is 6.41. The summed E-state index contributed by atoms with van der Waals surface area (Å²) in [6.07, 6.45) is 2.60. The molecule has 0 aromatic heterocycles. The van der Waals surface area contributed by atoms with Crippen LogP contribution in [0.25, 0.3) is 0 Å². The SMILES string of the molecule is CC/C=N\N=C(C)N. The van der Waals surface area contributed by atoms with E-state index in [1.54, 1.807) is 13.1 Å². The van der Waals surface area contributed by atoms with Gasteiger partial charge in [-0.1, -0.05) is 6.92 Å². The summed E-state index contributed by atoms with van der Waals surface area (Å²) in [5, 5.41) is 7.21.